The second kappa shape index (κ2) is 9.68. The van der Waals surface area contributed by atoms with Crippen LogP contribution in [0.2, 0.25) is 0 Å². The van der Waals surface area contributed by atoms with Gasteiger partial charge in [-0.05, 0) is 24.6 Å². The number of pyridine rings is 1. The molecule has 0 fully saturated rings. The van der Waals surface area contributed by atoms with Crippen molar-refractivity contribution < 1.29 is 9.53 Å². The van der Waals surface area contributed by atoms with Crippen LogP contribution in [0.1, 0.15) is 28.3 Å². The van der Waals surface area contributed by atoms with E-state index >= 15 is 0 Å². The van der Waals surface area contributed by atoms with Crippen molar-refractivity contribution in [3.63, 3.8) is 0 Å². The van der Waals surface area contributed by atoms with Gasteiger partial charge in [-0.3, -0.25) is 10.1 Å². The Labute approximate surface area is 201 Å². The number of hydrogen-bond donors (Lipinski definition) is 5. The number of aromatic nitrogens is 1. The van der Waals surface area contributed by atoms with Crippen molar-refractivity contribution in [1.29, 1.82) is 10.5 Å². The van der Waals surface area contributed by atoms with E-state index in [1.165, 1.54) is 0 Å². The van der Waals surface area contributed by atoms with Gasteiger partial charge in [-0.1, -0.05) is 36.4 Å². The summed E-state index contributed by atoms with van der Waals surface area (Å²) in [6.07, 6.45) is 1.80. The highest BCUT2D eigenvalue weighted by atomic mass is 16.5. The molecule has 1 aliphatic heterocycles. The standard InChI is InChI=1S/C24H21N9O2/c1-13-6-2-4-8-16(13)30-18(34)11-35-17-9-5-3-7-14(17)21-19-20(27)15(10-25)22(28)32-23(19)33-24(31-21)29-12-26/h2-9,21H,11H2,1H3,(H,30,34)(H6,27,28,29,31,32,33). The minimum absolute atomic E-state index is 0.0263. The highest BCUT2D eigenvalue weighted by molar-refractivity contribution is 5.98. The van der Waals surface area contributed by atoms with Crippen LogP contribution >= 0.6 is 0 Å². The number of guanidine groups is 1. The van der Waals surface area contributed by atoms with Crippen molar-refractivity contribution in [2.45, 2.75) is 13.0 Å². The molecule has 11 heteroatoms. The molecule has 2 heterocycles. The van der Waals surface area contributed by atoms with Crippen molar-refractivity contribution in [3.05, 3.63) is 70.8 Å². The summed E-state index contributed by atoms with van der Waals surface area (Å²) in [5.41, 5.74) is 14.9. The Hall–Kier alpha value is -5.29. The number of carbonyl (C=O) groups excluding carboxylic acids is 1. The number of rotatable bonds is 5. The van der Waals surface area contributed by atoms with Gasteiger partial charge in [0.05, 0.1) is 5.69 Å². The first-order valence-electron chi connectivity index (χ1n) is 10.5. The Kier molecular flexibility index (Phi) is 6.33. The molecule has 0 aliphatic carbocycles. The minimum atomic E-state index is -0.794. The molecule has 0 bridgehead atoms. The fourth-order valence-corrected chi connectivity index (χ4v) is 3.69. The van der Waals surface area contributed by atoms with E-state index in [1.807, 2.05) is 31.2 Å². The van der Waals surface area contributed by atoms with Crippen LogP contribution < -0.4 is 32.2 Å². The van der Waals surface area contributed by atoms with Crippen LogP contribution in [0, 0.1) is 29.7 Å². The van der Waals surface area contributed by atoms with Crippen LogP contribution in [-0.4, -0.2) is 23.5 Å². The van der Waals surface area contributed by atoms with Gasteiger partial charge >= 0.3 is 0 Å². The number of benzene rings is 2. The van der Waals surface area contributed by atoms with Gasteiger partial charge in [0.2, 0.25) is 5.96 Å². The number of aryl methyl sites for hydroxylation is 1. The van der Waals surface area contributed by atoms with E-state index in [2.05, 4.69) is 25.9 Å². The molecule has 35 heavy (non-hydrogen) atoms. The lowest BCUT2D eigenvalue weighted by Gasteiger charge is -2.27. The zero-order chi connectivity index (χ0) is 24.9. The van der Waals surface area contributed by atoms with Crippen LogP contribution in [0.4, 0.5) is 23.0 Å². The van der Waals surface area contributed by atoms with E-state index < -0.39 is 6.04 Å². The largest absolute Gasteiger partial charge is 0.483 e. The van der Waals surface area contributed by atoms with E-state index in [4.69, 9.17) is 21.5 Å². The van der Waals surface area contributed by atoms with Crippen molar-refractivity contribution in [2.24, 2.45) is 4.99 Å². The predicted octanol–water partition coefficient (Wildman–Crippen LogP) is 2.39. The molecule has 1 unspecified atom stereocenters. The Bertz CT molecular complexity index is 1420. The molecular formula is C24H21N9O2. The molecular weight excluding hydrogens is 446 g/mol. The van der Waals surface area contributed by atoms with Gasteiger partial charge in [0, 0.05) is 16.8 Å². The van der Waals surface area contributed by atoms with Gasteiger partial charge in [0.25, 0.3) is 5.91 Å². The zero-order valence-electron chi connectivity index (χ0n) is 18.7. The van der Waals surface area contributed by atoms with E-state index in [0.29, 0.717) is 22.6 Å². The summed E-state index contributed by atoms with van der Waals surface area (Å²) in [5, 5.41) is 26.7. The number of nitrogen functional groups attached to an aromatic ring is 2. The van der Waals surface area contributed by atoms with Gasteiger partial charge in [0.1, 0.15) is 35.1 Å². The van der Waals surface area contributed by atoms with Crippen molar-refractivity contribution in [3.8, 4) is 18.0 Å². The monoisotopic (exact) mass is 467 g/mol. The molecule has 7 N–H and O–H groups in total. The third-order valence-electron chi connectivity index (χ3n) is 5.35. The van der Waals surface area contributed by atoms with Gasteiger partial charge in [-0.15, -0.1) is 0 Å². The Morgan fingerprint density at radius 2 is 1.91 bits per heavy atom. The van der Waals surface area contributed by atoms with Gasteiger partial charge < -0.3 is 26.8 Å². The second-order valence-corrected chi connectivity index (χ2v) is 7.59. The summed E-state index contributed by atoms with van der Waals surface area (Å²) in [6, 6.07) is 15.6. The molecule has 0 spiro atoms. The minimum Gasteiger partial charge on any atom is -0.483 e. The molecule has 0 radical (unpaired) electrons. The fourth-order valence-electron chi connectivity index (χ4n) is 3.69. The summed E-state index contributed by atoms with van der Waals surface area (Å²) in [7, 11) is 0. The molecule has 1 amide bonds. The molecule has 0 saturated heterocycles. The quantitative estimate of drug-likeness (QED) is 0.277. The Morgan fingerprint density at radius 3 is 2.66 bits per heavy atom. The number of nitrogens with one attached hydrogen (secondary N) is 3. The summed E-state index contributed by atoms with van der Waals surface area (Å²) in [4.78, 5) is 21.3. The first kappa shape index (κ1) is 22.9. The van der Waals surface area contributed by atoms with Gasteiger partial charge in [0.15, 0.2) is 12.8 Å². The smallest absolute Gasteiger partial charge is 0.262 e. The third-order valence-corrected chi connectivity index (χ3v) is 5.35. The number of anilines is 4. The van der Waals surface area contributed by atoms with E-state index in [-0.39, 0.29) is 41.4 Å². The molecule has 1 aromatic heterocycles. The number of ether oxygens (including phenoxy) is 1. The van der Waals surface area contributed by atoms with Gasteiger partial charge in [-0.2, -0.15) is 10.5 Å². The normalized spacial score (nSPS) is 13.8. The summed E-state index contributed by atoms with van der Waals surface area (Å²) in [6.45, 7) is 1.64. The van der Waals surface area contributed by atoms with Crippen molar-refractivity contribution >= 4 is 34.9 Å². The lowest BCUT2D eigenvalue weighted by atomic mass is 9.94. The van der Waals surface area contributed by atoms with Crippen LogP contribution in [0.3, 0.4) is 0 Å². The van der Waals surface area contributed by atoms with Crippen LogP contribution in [0.15, 0.2) is 53.5 Å². The average Bonchev–Trinajstić information content (AvgIpc) is 2.84. The number of fused-ring (bicyclic) bond motifs is 1. The third kappa shape index (κ3) is 4.60. The lowest BCUT2D eigenvalue weighted by Crippen LogP contribution is -2.33. The topological polar surface area (TPSA) is 187 Å². The van der Waals surface area contributed by atoms with Crippen LogP contribution in [0.25, 0.3) is 0 Å². The van der Waals surface area contributed by atoms with Crippen LogP contribution in [0.5, 0.6) is 5.75 Å². The number of nitrogens with zero attached hydrogens (tertiary/aromatic N) is 4. The highest BCUT2D eigenvalue weighted by Crippen LogP contribution is 2.43. The van der Waals surface area contributed by atoms with E-state index in [0.717, 1.165) is 5.56 Å². The Morgan fingerprint density at radius 1 is 1.17 bits per heavy atom. The van der Waals surface area contributed by atoms with Crippen LogP contribution in [-0.2, 0) is 4.79 Å². The number of hydrogen-bond acceptors (Lipinski definition) is 10. The number of aliphatic imine (C=N–C) groups is 1. The molecule has 1 atom stereocenters. The average molecular weight is 467 g/mol. The SMILES string of the molecule is Cc1ccccc1NC(=O)COc1ccccc1C1N=C(NC#N)Nc2nc(N)c(C#N)c(N)c21. The zero-order valence-corrected chi connectivity index (χ0v) is 18.7. The maximum absolute atomic E-state index is 12.5. The molecule has 174 valence electrons. The molecule has 3 aromatic rings. The fraction of sp³-hybridized carbons (Fsp3) is 0.125. The molecule has 0 saturated carbocycles. The second-order valence-electron chi connectivity index (χ2n) is 7.59. The predicted molar refractivity (Wildman–Crippen MR) is 131 cm³/mol. The van der Waals surface area contributed by atoms with E-state index in [9.17, 15) is 10.1 Å². The summed E-state index contributed by atoms with van der Waals surface area (Å²) < 4.78 is 5.86. The number of amides is 1. The summed E-state index contributed by atoms with van der Waals surface area (Å²) in [5.74, 6) is 0.360. The number of carbonyl (C=O) groups is 1. The number of nitrogens with two attached hydrogens (primary N) is 2. The maximum Gasteiger partial charge on any atom is 0.262 e. The number of nitriles is 2. The highest BCUT2D eigenvalue weighted by Gasteiger charge is 2.31. The first-order chi connectivity index (χ1) is 16.9. The molecule has 4 rings (SSSR count). The summed E-state index contributed by atoms with van der Waals surface area (Å²) >= 11 is 0. The van der Waals surface area contributed by atoms with Gasteiger partial charge in [-0.25, -0.2) is 9.98 Å². The lowest BCUT2D eigenvalue weighted by molar-refractivity contribution is -0.118. The molecule has 2 aromatic carbocycles. The maximum atomic E-state index is 12.5. The van der Waals surface area contributed by atoms with Crippen molar-refractivity contribution in [1.82, 2.24) is 10.3 Å². The van der Waals surface area contributed by atoms with Crippen molar-refractivity contribution in [2.75, 3.05) is 28.7 Å². The molecule has 1 aliphatic rings. The van der Waals surface area contributed by atoms with E-state index in [1.54, 1.807) is 36.5 Å². The molecule has 11 nitrogen and oxygen atoms in total. The first-order valence-corrected chi connectivity index (χ1v) is 10.5. The Balaban J connectivity index is 1.68. The number of para-hydroxylation sites is 2.